The van der Waals surface area contributed by atoms with Crippen LogP contribution < -0.4 is 10.6 Å². The molecule has 2 spiro atoms. The van der Waals surface area contributed by atoms with Gasteiger partial charge in [0.25, 0.3) is 0 Å². The molecule has 0 radical (unpaired) electrons. The summed E-state index contributed by atoms with van der Waals surface area (Å²) in [6.45, 7) is 9.63. The summed E-state index contributed by atoms with van der Waals surface area (Å²) in [4.78, 5) is 41.0. The number of hydrogen-bond donors (Lipinski definition) is 4. The number of ether oxygens (including phenoxy) is 4. The van der Waals surface area contributed by atoms with E-state index in [4.69, 9.17) is 23.4 Å². The average molecular weight is 697 g/mol. The van der Waals surface area contributed by atoms with E-state index in [2.05, 4.69) is 17.6 Å². The zero-order chi connectivity index (χ0) is 35.0. The first-order valence-electron chi connectivity index (χ1n) is 18.9. The van der Waals surface area contributed by atoms with Gasteiger partial charge in [-0.25, -0.2) is 4.79 Å². The summed E-state index contributed by atoms with van der Waals surface area (Å²) in [5.74, 6) is -0.538. The second kappa shape index (κ2) is 11.1. The van der Waals surface area contributed by atoms with Crippen molar-refractivity contribution in [2.24, 2.45) is 45.8 Å². The van der Waals surface area contributed by atoms with E-state index in [-0.39, 0.29) is 43.2 Å². The van der Waals surface area contributed by atoms with Crippen LogP contribution in [-0.2, 0) is 39.8 Å². The van der Waals surface area contributed by atoms with Crippen molar-refractivity contribution in [3.63, 3.8) is 0 Å². The number of ketones is 1. The van der Waals surface area contributed by atoms with E-state index in [1.807, 2.05) is 26.8 Å². The van der Waals surface area contributed by atoms with Crippen molar-refractivity contribution in [2.45, 2.75) is 121 Å². The molecule has 274 valence electrons. The second-order valence-electron chi connectivity index (χ2n) is 17.8. The van der Waals surface area contributed by atoms with Crippen molar-refractivity contribution >= 4 is 17.7 Å². The normalized spacial score (nSPS) is 49.5. The summed E-state index contributed by atoms with van der Waals surface area (Å²) in [5, 5.41) is 29.9. The molecule has 1 aromatic rings. The van der Waals surface area contributed by atoms with E-state index in [1.54, 1.807) is 6.26 Å². The summed E-state index contributed by atoms with van der Waals surface area (Å²) in [7, 11) is 0. The van der Waals surface area contributed by atoms with Crippen molar-refractivity contribution in [3.05, 3.63) is 23.7 Å². The lowest BCUT2D eigenvalue weighted by atomic mass is 9.36. The Morgan fingerprint density at radius 1 is 1.02 bits per heavy atom. The van der Waals surface area contributed by atoms with Crippen LogP contribution in [0, 0.1) is 45.8 Å². The van der Waals surface area contributed by atoms with Gasteiger partial charge in [0.05, 0.1) is 30.3 Å². The van der Waals surface area contributed by atoms with Gasteiger partial charge in [0.2, 0.25) is 0 Å². The standard InChI is InChI=1S/C38H52N2O10/c1-34(2)29-28(43)30(44)36(4)25(37(29)17-47-27(42)14-26(37)49-34)9-11-35(3)31(48-33(45)32-38(35,36)50-32)22-10-12-46-24(22)13-21(16-41)19-5-7-20(8-6-19)23-15-39-18-40-23/h10,12,19-21,23,25-26,29-32,39-41,44H,5-9,11,13-18H2,1-4H3. The largest absolute Gasteiger partial charge is 0.469 e. The summed E-state index contributed by atoms with van der Waals surface area (Å²) in [5.41, 5.74) is -4.22. The number of epoxide rings is 1. The van der Waals surface area contributed by atoms with Gasteiger partial charge in [-0.2, -0.15) is 0 Å². The Labute approximate surface area is 292 Å². The molecule has 9 rings (SSSR count). The van der Waals surface area contributed by atoms with Crippen LogP contribution in [0.25, 0.3) is 0 Å². The maximum atomic E-state index is 14.5. The van der Waals surface area contributed by atoms with Gasteiger partial charge in [-0.15, -0.1) is 0 Å². The number of furan rings is 1. The smallest absolute Gasteiger partial charge is 0.339 e. The summed E-state index contributed by atoms with van der Waals surface area (Å²) < 4.78 is 31.3. The van der Waals surface area contributed by atoms with Crippen LogP contribution in [0.15, 0.2) is 16.7 Å². The molecule has 6 heterocycles. The van der Waals surface area contributed by atoms with Gasteiger partial charge in [-0.05, 0) is 82.1 Å². The molecule has 8 aliphatic rings. The quantitative estimate of drug-likeness (QED) is 0.254. The first-order chi connectivity index (χ1) is 23.8. The number of carbonyl (C=O) groups is 3. The van der Waals surface area contributed by atoms with Crippen molar-refractivity contribution in [2.75, 3.05) is 26.4 Å². The molecule has 0 amide bonds. The second-order valence-corrected chi connectivity index (χ2v) is 17.8. The lowest BCUT2D eigenvalue weighted by molar-refractivity contribution is -0.252. The Bertz CT molecular complexity index is 1580. The number of aliphatic hydroxyl groups is 2. The van der Waals surface area contributed by atoms with Gasteiger partial charge < -0.3 is 44.2 Å². The van der Waals surface area contributed by atoms with E-state index in [1.165, 1.54) is 0 Å². The molecule has 8 fully saturated rings. The Hall–Kier alpha value is -2.35. The van der Waals surface area contributed by atoms with Gasteiger partial charge in [-0.1, -0.05) is 13.8 Å². The Balaban J connectivity index is 1.04. The van der Waals surface area contributed by atoms with Crippen molar-refractivity contribution in [1.82, 2.24) is 10.6 Å². The number of esters is 2. The van der Waals surface area contributed by atoms with Gasteiger partial charge in [-0.3, -0.25) is 9.59 Å². The highest BCUT2D eigenvalue weighted by Gasteiger charge is 2.90. The monoisotopic (exact) mass is 696 g/mol. The molecule has 3 saturated carbocycles. The fourth-order valence-corrected chi connectivity index (χ4v) is 13.3. The molecule has 12 atom stereocenters. The fourth-order valence-electron chi connectivity index (χ4n) is 13.3. The van der Waals surface area contributed by atoms with Crippen LogP contribution in [0.3, 0.4) is 0 Å². The molecule has 50 heavy (non-hydrogen) atoms. The van der Waals surface area contributed by atoms with Gasteiger partial charge >= 0.3 is 11.9 Å². The highest BCUT2D eigenvalue weighted by molar-refractivity contribution is 5.92. The van der Waals surface area contributed by atoms with Gasteiger partial charge in [0.1, 0.15) is 30.2 Å². The van der Waals surface area contributed by atoms with Crippen LogP contribution in [0.1, 0.15) is 90.1 Å². The van der Waals surface area contributed by atoms with Crippen LogP contribution in [-0.4, -0.2) is 89.9 Å². The molecular weight excluding hydrogens is 644 g/mol. The Kier molecular flexibility index (Phi) is 7.42. The predicted octanol–water partition coefficient (Wildman–Crippen LogP) is 2.58. The SMILES string of the molecule is CC1(C)OC2CC(=O)OCC23C1C(=O)C(O)C1(C)C3CCC2(C)C(c3ccoc3CC(CO)C3CCC(C4CNCN4)CC3)OC(=O)C3OC321. The number of aliphatic hydroxyl groups excluding tert-OH is 2. The predicted molar refractivity (Wildman–Crippen MR) is 175 cm³/mol. The third-order valence-corrected chi connectivity index (χ3v) is 15.5. The number of nitrogens with one attached hydrogen (secondary N) is 2. The third kappa shape index (κ3) is 4.12. The number of carbonyl (C=O) groups excluding carboxylic acids is 3. The summed E-state index contributed by atoms with van der Waals surface area (Å²) in [6.07, 6.45) is 4.04. The molecule has 5 saturated heterocycles. The highest BCUT2D eigenvalue weighted by Crippen LogP contribution is 2.80. The van der Waals surface area contributed by atoms with E-state index < -0.39 is 63.8 Å². The lowest BCUT2D eigenvalue weighted by Crippen LogP contribution is -2.76. The lowest BCUT2D eigenvalue weighted by Gasteiger charge is -2.66. The zero-order valence-corrected chi connectivity index (χ0v) is 29.6. The molecule has 0 bridgehead atoms. The Morgan fingerprint density at radius 2 is 1.80 bits per heavy atom. The molecule has 0 aromatic carbocycles. The highest BCUT2D eigenvalue weighted by atomic mass is 16.7. The number of rotatable bonds is 6. The molecule has 4 N–H and O–H groups in total. The molecule has 12 heteroatoms. The maximum absolute atomic E-state index is 14.5. The minimum absolute atomic E-state index is 0.000218. The number of fused-ring (bicyclic) bond motifs is 1. The fraction of sp³-hybridized carbons (Fsp3) is 0.816. The minimum atomic E-state index is -1.42. The zero-order valence-electron chi connectivity index (χ0n) is 29.6. The van der Waals surface area contributed by atoms with Crippen LogP contribution in [0.2, 0.25) is 0 Å². The van der Waals surface area contributed by atoms with Gasteiger partial charge in [0.15, 0.2) is 11.9 Å². The molecule has 12 unspecified atom stereocenters. The van der Waals surface area contributed by atoms with Crippen LogP contribution >= 0.6 is 0 Å². The van der Waals surface area contributed by atoms with Crippen LogP contribution in [0.4, 0.5) is 0 Å². The molecule has 1 aromatic heterocycles. The number of hydrogen-bond acceptors (Lipinski definition) is 12. The van der Waals surface area contributed by atoms with E-state index in [0.717, 1.165) is 44.5 Å². The minimum Gasteiger partial charge on any atom is -0.469 e. The first kappa shape index (κ1) is 33.5. The Morgan fingerprint density at radius 3 is 2.52 bits per heavy atom. The molecule has 12 nitrogen and oxygen atoms in total. The summed E-state index contributed by atoms with van der Waals surface area (Å²) in [6, 6.07) is 2.38. The van der Waals surface area contributed by atoms with Gasteiger partial charge in [0, 0.05) is 54.1 Å². The summed E-state index contributed by atoms with van der Waals surface area (Å²) >= 11 is 0. The van der Waals surface area contributed by atoms with Crippen molar-refractivity contribution in [1.29, 1.82) is 0 Å². The maximum Gasteiger partial charge on any atom is 0.339 e. The number of cyclic esters (lactones) is 2. The van der Waals surface area contributed by atoms with E-state index in [0.29, 0.717) is 42.9 Å². The molecule has 5 aliphatic heterocycles. The molecular formula is C38H52N2O10. The van der Waals surface area contributed by atoms with Crippen molar-refractivity contribution in [3.8, 4) is 0 Å². The topological polar surface area (TPSA) is 169 Å². The molecule has 3 aliphatic carbocycles. The van der Waals surface area contributed by atoms with E-state index in [9.17, 15) is 24.6 Å². The average Bonchev–Trinajstić information content (AvgIpc) is 3.35. The van der Waals surface area contributed by atoms with E-state index >= 15 is 0 Å². The first-order valence-corrected chi connectivity index (χ1v) is 18.9. The van der Waals surface area contributed by atoms with Crippen LogP contribution in [0.5, 0.6) is 0 Å². The van der Waals surface area contributed by atoms with Crippen molar-refractivity contribution < 1.29 is 48.0 Å². The third-order valence-electron chi connectivity index (χ3n) is 15.5. The number of Topliss-reactive ketones (excluding diaryl/α,β-unsaturated/α-hetero) is 1.